The van der Waals surface area contributed by atoms with Gasteiger partial charge in [0.05, 0.1) is 25.0 Å². The zero-order chi connectivity index (χ0) is 13.7. The van der Waals surface area contributed by atoms with Crippen LogP contribution in [0.5, 0.6) is 0 Å². The van der Waals surface area contributed by atoms with Gasteiger partial charge in [0.15, 0.2) is 0 Å². The Hall–Kier alpha value is -2.10. The molecule has 0 aliphatic heterocycles. The molecule has 0 unspecified atom stereocenters. The molecule has 1 aromatic carbocycles. The van der Waals surface area contributed by atoms with E-state index >= 15 is 0 Å². The van der Waals surface area contributed by atoms with Crippen LogP contribution in [-0.2, 0) is 17.7 Å². The van der Waals surface area contributed by atoms with E-state index in [2.05, 4.69) is 5.10 Å². The summed E-state index contributed by atoms with van der Waals surface area (Å²) in [5.41, 5.74) is 2.65. The van der Waals surface area contributed by atoms with Crippen LogP contribution in [0.2, 0.25) is 0 Å². The number of ether oxygens (including phenoxy) is 1. The second-order valence-electron chi connectivity index (χ2n) is 4.22. The minimum absolute atomic E-state index is 0.293. The first kappa shape index (κ1) is 13.3. The van der Waals surface area contributed by atoms with Crippen LogP contribution in [0.3, 0.4) is 0 Å². The van der Waals surface area contributed by atoms with Gasteiger partial charge in [0.25, 0.3) is 0 Å². The van der Waals surface area contributed by atoms with Gasteiger partial charge >= 0.3 is 5.97 Å². The number of carbonyl (C=O) groups excluding carboxylic acids is 1. The van der Waals surface area contributed by atoms with Crippen molar-refractivity contribution in [2.75, 3.05) is 6.61 Å². The number of hydrogen-bond donors (Lipinski definition) is 0. The summed E-state index contributed by atoms with van der Waals surface area (Å²) >= 11 is 0. The Kier molecular flexibility index (Phi) is 4.34. The van der Waals surface area contributed by atoms with E-state index in [0.717, 1.165) is 17.7 Å². The van der Waals surface area contributed by atoms with E-state index in [0.29, 0.717) is 18.7 Å². The van der Waals surface area contributed by atoms with Crippen LogP contribution >= 0.6 is 0 Å². The Balaban J connectivity index is 2.25. The smallest absolute Gasteiger partial charge is 0.341 e. The summed E-state index contributed by atoms with van der Waals surface area (Å²) < 4.78 is 6.90. The molecule has 0 spiro atoms. The molecule has 0 saturated heterocycles. The van der Waals surface area contributed by atoms with Gasteiger partial charge in [0, 0.05) is 0 Å². The zero-order valence-corrected chi connectivity index (χ0v) is 11.3. The largest absolute Gasteiger partial charge is 0.462 e. The zero-order valence-electron chi connectivity index (χ0n) is 11.3. The summed E-state index contributed by atoms with van der Waals surface area (Å²) in [7, 11) is 0. The molecule has 100 valence electrons. The van der Waals surface area contributed by atoms with Crippen LogP contribution in [0.4, 0.5) is 0 Å². The first-order valence-electron chi connectivity index (χ1n) is 6.52. The van der Waals surface area contributed by atoms with Crippen molar-refractivity contribution in [3.63, 3.8) is 0 Å². The van der Waals surface area contributed by atoms with Crippen LogP contribution in [0.25, 0.3) is 0 Å². The minimum Gasteiger partial charge on any atom is -0.462 e. The maximum Gasteiger partial charge on any atom is 0.341 e. The van der Waals surface area contributed by atoms with Crippen molar-refractivity contribution in [1.29, 1.82) is 0 Å². The van der Waals surface area contributed by atoms with E-state index in [4.69, 9.17) is 4.74 Å². The number of carbonyl (C=O) groups is 1. The minimum atomic E-state index is -0.293. The van der Waals surface area contributed by atoms with Gasteiger partial charge < -0.3 is 4.74 Å². The van der Waals surface area contributed by atoms with Gasteiger partial charge in [0.1, 0.15) is 5.56 Å². The molecule has 0 amide bonds. The SMILES string of the molecule is CCOC(=O)c1cnn(Cc2ccccc2)c1CC. The number of rotatable bonds is 5. The summed E-state index contributed by atoms with van der Waals surface area (Å²) in [6, 6.07) is 10.1. The van der Waals surface area contributed by atoms with Crippen molar-refractivity contribution in [3.05, 3.63) is 53.3 Å². The van der Waals surface area contributed by atoms with Crippen molar-refractivity contribution in [2.24, 2.45) is 0 Å². The molecule has 0 N–H and O–H groups in total. The van der Waals surface area contributed by atoms with Crippen molar-refractivity contribution < 1.29 is 9.53 Å². The molecule has 0 saturated carbocycles. The lowest BCUT2D eigenvalue weighted by Gasteiger charge is -2.07. The Labute approximate surface area is 113 Å². The molecular formula is C15H18N2O2. The summed E-state index contributed by atoms with van der Waals surface area (Å²) in [4.78, 5) is 11.8. The second-order valence-corrected chi connectivity index (χ2v) is 4.22. The molecule has 2 aromatic rings. The fraction of sp³-hybridized carbons (Fsp3) is 0.333. The van der Waals surface area contributed by atoms with Crippen molar-refractivity contribution in [3.8, 4) is 0 Å². The third kappa shape index (κ3) is 3.02. The average molecular weight is 258 g/mol. The van der Waals surface area contributed by atoms with Crippen LogP contribution < -0.4 is 0 Å². The quantitative estimate of drug-likeness (QED) is 0.774. The van der Waals surface area contributed by atoms with Gasteiger partial charge in [-0.2, -0.15) is 5.10 Å². The lowest BCUT2D eigenvalue weighted by molar-refractivity contribution is 0.0525. The number of benzene rings is 1. The van der Waals surface area contributed by atoms with E-state index in [1.165, 1.54) is 0 Å². The topological polar surface area (TPSA) is 44.1 Å². The summed E-state index contributed by atoms with van der Waals surface area (Å²) in [5.74, 6) is -0.293. The van der Waals surface area contributed by atoms with Gasteiger partial charge in [-0.15, -0.1) is 0 Å². The van der Waals surface area contributed by atoms with Crippen LogP contribution in [0, 0.1) is 0 Å². The van der Waals surface area contributed by atoms with Crippen molar-refractivity contribution >= 4 is 5.97 Å². The van der Waals surface area contributed by atoms with Crippen molar-refractivity contribution in [2.45, 2.75) is 26.8 Å². The summed E-state index contributed by atoms with van der Waals surface area (Å²) in [6.07, 6.45) is 2.35. The second kappa shape index (κ2) is 6.18. The lowest BCUT2D eigenvalue weighted by atomic mass is 10.2. The number of nitrogens with zero attached hydrogens (tertiary/aromatic N) is 2. The highest BCUT2D eigenvalue weighted by Gasteiger charge is 2.17. The molecule has 19 heavy (non-hydrogen) atoms. The van der Waals surface area contributed by atoms with E-state index in [9.17, 15) is 4.79 Å². The fourth-order valence-corrected chi connectivity index (χ4v) is 2.06. The Bertz CT molecular complexity index is 547. The first-order valence-corrected chi connectivity index (χ1v) is 6.52. The van der Waals surface area contributed by atoms with Crippen LogP contribution in [-0.4, -0.2) is 22.4 Å². The maximum absolute atomic E-state index is 11.8. The average Bonchev–Trinajstić information content (AvgIpc) is 2.83. The fourth-order valence-electron chi connectivity index (χ4n) is 2.06. The van der Waals surface area contributed by atoms with E-state index in [1.54, 1.807) is 13.1 Å². The van der Waals surface area contributed by atoms with Crippen LogP contribution in [0.1, 0.15) is 35.5 Å². The monoisotopic (exact) mass is 258 g/mol. The third-order valence-corrected chi connectivity index (χ3v) is 2.95. The molecule has 0 radical (unpaired) electrons. The molecule has 2 rings (SSSR count). The summed E-state index contributed by atoms with van der Waals surface area (Å²) in [5, 5.41) is 4.30. The number of esters is 1. The van der Waals surface area contributed by atoms with Gasteiger partial charge in [0.2, 0.25) is 0 Å². The Morgan fingerprint density at radius 1 is 1.26 bits per heavy atom. The van der Waals surface area contributed by atoms with Gasteiger partial charge in [-0.3, -0.25) is 4.68 Å². The standard InChI is InChI=1S/C15H18N2O2/c1-3-14-13(15(18)19-4-2)10-16-17(14)11-12-8-6-5-7-9-12/h5-10H,3-4,11H2,1-2H3. The molecule has 0 aliphatic carbocycles. The molecule has 0 atom stereocenters. The van der Waals surface area contributed by atoms with E-state index in [-0.39, 0.29) is 5.97 Å². The lowest BCUT2D eigenvalue weighted by Crippen LogP contribution is -2.10. The Morgan fingerprint density at radius 2 is 2.00 bits per heavy atom. The maximum atomic E-state index is 11.8. The molecule has 4 heteroatoms. The molecule has 4 nitrogen and oxygen atoms in total. The molecule has 1 heterocycles. The summed E-state index contributed by atoms with van der Waals surface area (Å²) in [6.45, 7) is 4.87. The van der Waals surface area contributed by atoms with Gasteiger partial charge in [-0.05, 0) is 18.9 Å². The van der Waals surface area contributed by atoms with E-state index in [1.807, 2.05) is 41.9 Å². The van der Waals surface area contributed by atoms with Crippen molar-refractivity contribution in [1.82, 2.24) is 9.78 Å². The highest BCUT2D eigenvalue weighted by atomic mass is 16.5. The van der Waals surface area contributed by atoms with Gasteiger partial charge in [-0.25, -0.2) is 4.79 Å². The first-order chi connectivity index (χ1) is 9.26. The molecule has 1 aromatic heterocycles. The molecule has 0 bridgehead atoms. The molecule has 0 fully saturated rings. The number of hydrogen-bond acceptors (Lipinski definition) is 3. The number of aromatic nitrogens is 2. The van der Waals surface area contributed by atoms with Crippen LogP contribution in [0.15, 0.2) is 36.5 Å². The highest BCUT2D eigenvalue weighted by molar-refractivity contribution is 5.90. The predicted molar refractivity (Wildman–Crippen MR) is 73.1 cm³/mol. The predicted octanol–water partition coefficient (Wildman–Crippen LogP) is 2.67. The van der Waals surface area contributed by atoms with Gasteiger partial charge in [-0.1, -0.05) is 37.3 Å². The molecule has 0 aliphatic rings. The highest BCUT2D eigenvalue weighted by Crippen LogP contribution is 2.13. The molecular weight excluding hydrogens is 240 g/mol. The normalized spacial score (nSPS) is 10.4. The third-order valence-electron chi connectivity index (χ3n) is 2.95. The Morgan fingerprint density at radius 3 is 2.63 bits per heavy atom. The van der Waals surface area contributed by atoms with E-state index < -0.39 is 0 Å².